The standard InChI is InChI=1S/C20H25N3O5/c1-5-28-20(26)16(11-8-12-17(24)27-4)22-23-18(13(2)3)21-15-10-7-6-9-14(15)19(23)25/h6-7,9-10,13H,5,8,11-12H2,1-4H3/b22-16-. The maximum Gasteiger partial charge on any atom is 0.354 e. The van der Waals surface area contributed by atoms with E-state index in [1.165, 1.54) is 7.11 Å². The van der Waals surface area contributed by atoms with Gasteiger partial charge in [0.1, 0.15) is 11.5 Å². The van der Waals surface area contributed by atoms with Gasteiger partial charge in [0.2, 0.25) is 0 Å². The summed E-state index contributed by atoms with van der Waals surface area (Å²) in [4.78, 5) is 41.2. The van der Waals surface area contributed by atoms with E-state index in [0.29, 0.717) is 23.1 Å². The Hall–Kier alpha value is -3.03. The number of nitrogens with zero attached hydrogens (tertiary/aromatic N) is 3. The third-order valence-electron chi connectivity index (χ3n) is 4.05. The molecular weight excluding hydrogens is 362 g/mol. The molecule has 1 aromatic heterocycles. The van der Waals surface area contributed by atoms with Gasteiger partial charge in [-0.15, -0.1) is 0 Å². The number of hydrogen-bond acceptors (Lipinski definition) is 7. The summed E-state index contributed by atoms with van der Waals surface area (Å²) >= 11 is 0. The van der Waals surface area contributed by atoms with Gasteiger partial charge in [-0.25, -0.2) is 9.78 Å². The second-order valence-electron chi connectivity index (χ2n) is 6.46. The van der Waals surface area contributed by atoms with Gasteiger partial charge in [-0.3, -0.25) is 9.59 Å². The molecule has 1 aromatic carbocycles. The van der Waals surface area contributed by atoms with Crippen molar-refractivity contribution in [3.05, 3.63) is 40.4 Å². The van der Waals surface area contributed by atoms with Gasteiger partial charge in [0, 0.05) is 12.3 Å². The number of fused-ring (bicyclic) bond motifs is 1. The summed E-state index contributed by atoms with van der Waals surface area (Å²) in [6, 6.07) is 6.99. The Balaban J connectivity index is 2.53. The van der Waals surface area contributed by atoms with E-state index in [-0.39, 0.29) is 42.6 Å². The van der Waals surface area contributed by atoms with Crippen molar-refractivity contribution in [2.75, 3.05) is 13.7 Å². The Morgan fingerprint density at radius 3 is 2.57 bits per heavy atom. The second-order valence-corrected chi connectivity index (χ2v) is 6.46. The molecule has 1 heterocycles. The Morgan fingerprint density at radius 1 is 1.21 bits per heavy atom. The van der Waals surface area contributed by atoms with Gasteiger partial charge in [-0.2, -0.15) is 9.78 Å². The first-order valence-corrected chi connectivity index (χ1v) is 9.22. The minimum Gasteiger partial charge on any atom is -0.469 e. The molecule has 0 aliphatic heterocycles. The molecule has 0 aliphatic rings. The van der Waals surface area contributed by atoms with Crippen molar-refractivity contribution in [2.24, 2.45) is 5.10 Å². The van der Waals surface area contributed by atoms with Crippen molar-refractivity contribution in [3.8, 4) is 0 Å². The van der Waals surface area contributed by atoms with E-state index >= 15 is 0 Å². The Bertz CT molecular complexity index is 946. The lowest BCUT2D eigenvalue weighted by atomic mass is 10.1. The molecule has 2 rings (SSSR count). The summed E-state index contributed by atoms with van der Waals surface area (Å²) in [5.74, 6) is -0.657. The first-order chi connectivity index (χ1) is 13.4. The van der Waals surface area contributed by atoms with Crippen LogP contribution in [-0.2, 0) is 19.1 Å². The zero-order valence-electron chi connectivity index (χ0n) is 16.6. The third kappa shape index (κ3) is 5.03. The maximum atomic E-state index is 13.0. The summed E-state index contributed by atoms with van der Waals surface area (Å²) in [6.45, 7) is 5.65. The van der Waals surface area contributed by atoms with Crippen LogP contribution in [0.3, 0.4) is 0 Å². The minimum atomic E-state index is -0.623. The second kappa shape index (κ2) is 9.77. The van der Waals surface area contributed by atoms with Crippen LogP contribution < -0.4 is 5.56 Å². The number of ether oxygens (including phenoxy) is 2. The fourth-order valence-corrected chi connectivity index (χ4v) is 2.64. The van der Waals surface area contributed by atoms with Gasteiger partial charge in [-0.1, -0.05) is 26.0 Å². The van der Waals surface area contributed by atoms with E-state index in [4.69, 9.17) is 4.74 Å². The van der Waals surface area contributed by atoms with Gasteiger partial charge in [0.15, 0.2) is 0 Å². The number of para-hydroxylation sites is 1. The quantitative estimate of drug-likeness (QED) is 0.510. The number of benzene rings is 1. The Kier molecular flexibility index (Phi) is 7.43. The number of aromatic nitrogens is 2. The smallest absolute Gasteiger partial charge is 0.354 e. The highest BCUT2D eigenvalue weighted by Gasteiger charge is 2.18. The van der Waals surface area contributed by atoms with Crippen molar-refractivity contribution in [1.29, 1.82) is 0 Å². The lowest BCUT2D eigenvalue weighted by Crippen LogP contribution is -2.27. The van der Waals surface area contributed by atoms with Crippen LogP contribution in [0.15, 0.2) is 34.2 Å². The Labute approximate surface area is 163 Å². The molecule has 0 radical (unpaired) electrons. The molecule has 0 N–H and O–H groups in total. The fourth-order valence-electron chi connectivity index (χ4n) is 2.64. The van der Waals surface area contributed by atoms with Crippen LogP contribution in [-0.4, -0.2) is 41.0 Å². The predicted octanol–water partition coefficient (Wildman–Crippen LogP) is 2.63. The van der Waals surface area contributed by atoms with E-state index < -0.39 is 5.97 Å². The average molecular weight is 387 g/mol. The number of carbonyl (C=O) groups is 2. The molecule has 0 spiro atoms. The van der Waals surface area contributed by atoms with Crippen LogP contribution in [0, 0.1) is 0 Å². The van der Waals surface area contributed by atoms with Gasteiger partial charge in [0.05, 0.1) is 24.6 Å². The van der Waals surface area contributed by atoms with Crippen molar-refractivity contribution < 1.29 is 19.1 Å². The zero-order valence-corrected chi connectivity index (χ0v) is 16.6. The molecule has 0 bridgehead atoms. The van der Waals surface area contributed by atoms with Gasteiger partial charge in [0.25, 0.3) is 5.56 Å². The summed E-state index contributed by atoms with van der Waals surface area (Å²) in [6.07, 6.45) is 0.651. The number of rotatable bonds is 8. The Morgan fingerprint density at radius 2 is 1.93 bits per heavy atom. The van der Waals surface area contributed by atoms with Gasteiger partial charge >= 0.3 is 11.9 Å². The summed E-state index contributed by atoms with van der Waals surface area (Å²) < 4.78 is 10.8. The van der Waals surface area contributed by atoms with E-state index in [1.54, 1.807) is 25.1 Å². The van der Waals surface area contributed by atoms with Crippen molar-refractivity contribution in [3.63, 3.8) is 0 Å². The van der Waals surface area contributed by atoms with E-state index in [1.807, 2.05) is 19.9 Å². The topological polar surface area (TPSA) is 99.9 Å². The highest BCUT2D eigenvalue weighted by atomic mass is 16.5. The van der Waals surface area contributed by atoms with E-state index in [0.717, 1.165) is 4.68 Å². The highest BCUT2D eigenvalue weighted by Crippen LogP contribution is 2.15. The van der Waals surface area contributed by atoms with Gasteiger partial charge in [-0.05, 0) is 31.9 Å². The lowest BCUT2D eigenvalue weighted by Gasteiger charge is -2.13. The predicted molar refractivity (Wildman–Crippen MR) is 105 cm³/mol. The van der Waals surface area contributed by atoms with Gasteiger partial charge < -0.3 is 9.47 Å². The van der Waals surface area contributed by atoms with Crippen LogP contribution >= 0.6 is 0 Å². The zero-order chi connectivity index (χ0) is 20.7. The number of carbonyl (C=O) groups excluding carboxylic acids is 2. The molecule has 0 amide bonds. The summed E-state index contributed by atoms with van der Waals surface area (Å²) in [5.41, 5.74) is 0.280. The lowest BCUT2D eigenvalue weighted by molar-refractivity contribution is -0.141. The van der Waals surface area contributed by atoms with Crippen LogP contribution in [0.4, 0.5) is 0 Å². The molecule has 8 heteroatoms. The number of methoxy groups -OCH3 is 1. The highest BCUT2D eigenvalue weighted by molar-refractivity contribution is 6.36. The maximum absolute atomic E-state index is 13.0. The van der Waals surface area contributed by atoms with Crippen LogP contribution in [0.25, 0.3) is 10.9 Å². The van der Waals surface area contributed by atoms with Crippen molar-refractivity contribution in [1.82, 2.24) is 9.66 Å². The number of esters is 2. The van der Waals surface area contributed by atoms with Crippen LogP contribution in [0.5, 0.6) is 0 Å². The monoisotopic (exact) mass is 387 g/mol. The fraction of sp³-hybridized carbons (Fsp3) is 0.450. The molecule has 150 valence electrons. The molecule has 0 saturated heterocycles. The van der Waals surface area contributed by atoms with Crippen LogP contribution in [0.2, 0.25) is 0 Å². The normalized spacial score (nSPS) is 11.7. The summed E-state index contributed by atoms with van der Waals surface area (Å²) in [5, 5.41) is 4.71. The molecule has 0 atom stereocenters. The largest absolute Gasteiger partial charge is 0.469 e. The summed E-state index contributed by atoms with van der Waals surface area (Å²) in [7, 11) is 1.30. The molecule has 28 heavy (non-hydrogen) atoms. The first kappa shape index (κ1) is 21.3. The van der Waals surface area contributed by atoms with Crippen molar-refractivity contribution >= 4 is 28.6 Å². The van der Waals surface area contributed by atoms with Crippen LogP contribution in [0.1, 0.15) is 51.8 Å². The molecule has 8 nitrogen and oxygen atoms in total. The third-order valence-corrected chi connectivity index (χ3v) is 4.05. The first-order valence-electron chi connectivity index (χ1n) is 9.22. The molecule has 2 aromatic rings. The number of hydrogen-bond donors (Lipinski definition) is 0. The molecule has 0 saturated carbocycles. The molecule has 0 unspecified atom stereocenters. The van der Waals surface area contributed by atoms with E-state index in [2.05, 4.69) is 14.8 Å². The van der Waals surface area contributed by atoms with E-state index in [9.17, 15) is 14.4 Å². The van der Waals surface area contributed by atoms with Crippen molar-refractivity contribution in [2.45, 2.75) is 46.0 Å². The molecule has 0 fully saturated rings. The average Bonchev–Trinajstić information content (AvgIpc) is 2.68. The minimum absolute atomic E-state index is 0.0619. The molecule has 0 aliphatic carbocycles. The molecular formula is C20H25N3O5. The SMILES string of the molecule is CCOC(=O)/C(CCCC(=O)OC)=N\n1c(C(C)C)nc2ccccc2c1=O.